The first-order valence-corrected chi connectivity index (χ1v) is 8.37. The Morgan fingerprint density at radius 2 is 2.08 bits per heavy atom. The van der Waals surface area contributed by atoms with Gasteiger partial charge in [-0.25, -0.2) is 4.39 Å². The van der Waals surface area contributed by atoms with Gasteiger partial charge in [-0.3, -0.25) is 9.59 Å². The average Bonchev–Trinajstić information content (AvgIpc) is 2.60. The first kappa shape index (κ1) is 17.9. The van der Waals surface area contributed by atoms with Crippen LogP contribution in [0.5, 0.6) is 5.75 Å². The van der Waals surface area contributed by atoms with Gasteiger partial charge in [-0.1, -0.05) is 23.8 Å². The van der Waals surface area contributed by atoms with Crippen LogP contribution in [0.4, 0.5) is 10.1 Å². The van der Waals surface area contributed by atoms with Crippen LogP contribution in [0.2, 0.25) is 0 Å². The van der Waals surface area contributed by atoms with E-state index < -0.39 is 11.7 Å². The van der Waals surface area contributed by atoms with Gasteiger partial charge < -0.3 is 15.0 Å². The maximum absolute atomic E-state index is 13.5. The maximum atomic E-state index is 13.5. The fourth-order valence-electron chi connectivity index (χ4n) is 3.29. The van der Waals surface area contributed by atoms with Gasteiger partial charge in [0, 0.05) is 31.3 Å². The molecule has 0 radical (unpaired) electrons. The average molecular weight is 356 g/mol. The molecular formula is C20H21FN2O3. The molecule has 0 aliphatic carbocycles. The number of anilines is 1. The summed E-state index contributed by atoms with van der Waals surface area (Å²) in [4.78, 5) is 26.5. The fourth-order valence-corrected chi connectivity index (χ4v) is 3.29. The molecule has 0 aromatic heterocycles. The minimum Gasteiger partial charge on any atom is -0.496 e. The Hall–Kier alpha value is -2.89. The SMILES string of the molecule is COc1ccc(C)cc1CN(C)C(=O)[C@@H]1CC(=O)Nc2cc(F)ccc21. The zero-order valence-corrected chi connectivity index (χ0v) is 15.0. The van der Waals surface area contributed by atoms with E-state index in [4.69, 9.17) is 4.74 Å². The van der Waals surface area contributed by atoms with Crippen molar-refractivity contribution in [1.29, 1.82) is 0 Å². The third-order valence-electron chi connectivity index (χ3n) is 4.57. The summed E-state index contributed by atoms with van der Waals surface area (Å²) in [6, 6.07) is 9.90. The maximum Gasteiger partial charge on any atom is 0.230 e. The van der Waals surface area contributed by atoms with Crippen LogP contribution in [0.15, 0.2) is 36.4 Å². The van der Waals surface area contributed by atoms with E-state index in [1.165, 1.54) is 12.1 Å². The summed E-state index contributed by atoms with van der Waals surface area (Å²) in [6.45, 7) is 2.33. The van der Waals surface area contributed by atoms with Crippen molar-refractivity contribution in [2.24, 2.45) is 0 Å². The van der Waals surface area contributed by atoms with Gasteiger partial charge >= 0.3 is 0 Å². The number of hydrogen-bond acceptors (Lipinski definition) is 3. The summed E-state index contributed by atoms with van der Waals surface area (Å²) < 4.78 is 18.8. The van der Waals surface area contributed by atoms with Gasteiger partial charge in [0.25, 0.3) is 0 Å². The summed E-state index contributed by atoms with van der Waals surface area (Å²) in [5.41, 5.74) is 2.96. The van der Waals surface area contributed by atoms with Crippen LogP contribution in [0.25, 0.3) is 0 Å². The number of aryl methyl sites for hydroxylation is 1. The number of nitrogens with one attached hydrogen (secondary N) is 1. The Labute approximate surface area is 151 Å². The molecule has 2 amide bonds. The molecule has 1 N–H and O–H groups in total. The van der Waals surface area contributed by atoms with Gasteiger partial charge in [0.2, 0.25) is 11.8 Å². The number of likely N-dealkylation sites (N-methyl/N-ethyl adjacent to an activating group) is 1. The van der Waals surface area contributed by atoms with Crippen molar-refractivity contribution in [2.75, 3.05) is 19.5 Å². The highest BCUT2D eigenvalue weighted by atomic mass is 19.1. The summed E-state index contributed by atoms with van der Waals surface area (Å²) in [5, 5.41) is 2.63. The van der Waals surface area contributed by atoms with E-state index in [2.05, 4.69) is 5.32 Å². The lowest BCUT2D eigenvalue weighted by Crippen LogP contribution is -2.36. The molecule has 2 aromatic carbocycles. The molecule has 2 aromatic rings. The smallest absolute Gasteiger partial charge is 0.230 e. The van der Waals surface area contributed by atoms with Crippen LogP contribution in [-0.4, -0.2) is 30.9 Å². The molecule has 0 unspecified atom stereocenters. The second-order valence-electron chi connectivity index (χ2n) is 6.55. The van der Waals surface area contributed by atoms with E-state index in [9.17, 15) is 14.0 Å². The molecule has 1 aliphatic heterocycles. The number of rotatable bonds is 4. The van der Waals surface area contributed by atoms with Crippen LogP contribution in [-0.2, 0) is 16.1 Å². The lowest BCUT2D eigenvalue weighted by molar-refractivity contribution is -0.134. The van der Waals surface area contributed by atoms with Crippen molar-refractivity contribution in [2.45, 2.75) is 25.8 Å². The van der Waals surface area contributed by atoms with Gasteiger partial charge in [-0.15, -0.1) is 0 Å². The van der Waals surface area contributed by atoms with E-state index in [-0.39, 0.29) is 18.2 Å². The summed E-state index contributed by atoms with van der Waals surface area (Å²) in [5.74, 6) is -0.839. The van der Waals surface area contributed by atoms with Crippen LogP contribution < -0.4 is 10.1 Å². The van der Waals surface area contributed by atoms with Crippen molar-refractivity contribution >= 4 is 17.5 Å². The van der Waals surface area contributed by atoms with Gasteiger partial charge in [0.15, 0.2) is 0 Å². The number of amides is 2. The van der Waals surface area contributed by atoms with E-state index in [1.807, 2.05) is 25.1 Å². The van der Waals surface area contributed by atoms with E-state index in [1.54, 1.807) is 25.1 Å². The number of carbonyl (C=O) groups is 2. The topological polar surface area (TPSA) is 58.6 Å². The second-order valence-corrected chi connectivity index (χ2v) is 6.55. The van der Waals surface area contributed by atoms with Crippen molar-refractivity contribution < 1.29 is 18.7 Å². The highest BCUT2D eigenvalue weighted by Crippen LogP contribution is 2.34. The zero-order chi connectivity index (χ0) is 18.8. The number of ether oxygens (including phenoxy) is 1. The number of halogens is 1. The van der Waals surface area contributed by atoms with Crippen LogP contribution >= 0.6 is 0 Å². The molecule has 3 rings (SSSR count). The molecule has 26 heavy (non-hydrogen) atoms. The molecule has 0 saturated heterocycles. The molecule has 0 spiro atoms. The summed E-state index contributed by atoms with van der Waals surface area (Å²) >= 11 is 0. The Morgan fingerprint density at radius 1 is 1.31 bits per heavy atom. The Morgan fingerprint density at radius 3 is 2.81 bits per heavy atom. The predicted octanol–water partition coefficient (Wildman–Crippen LogP) is 3.23. The van der Waals surface area contributed by atoms with Crippen LogP contribution in [0.3, 0.4) is 0 Å². The number of fused-ring (bicyclic) bond motifs is 1. The number of methoxy groups -OCH3 is 1. The third-order valence-corrected chi connectivity index (χ3v) is 4.57. The normalized spacial score (nSPS) is 15.8. The van der Waals surface area contributed by atoms with Gasteiger partial charge in [-0.2, -0.15) is 0 Å². The van der Waals surface area contributed by atoms with Crippen molar-refractivity contribution in [3.63, 3.8) is 0 Å². The van der Waals surface area contributed by atoms with Crippen molar-refractivity contribution in [3.8, 4) is 5.75 Å². The highest BCUT2D eigenvalue weighted by molar-refractivity contribution is 6.01. The van der Waals surface area contributed by atoms with Gasteiger partial charge in [0.05, 0.1) is 13.0 Å². The molecule has 0 bridgehead atoms. The Bertz CT molecular complexity index is 866. The van der Waals surface area contributed by atoms with Crippen molar-refractivity contribution in [3.05, 3.63) is 58.9 Å². The largest absolute Gasteiger partial charge is 0.496 e. The number of carbonyl (C=O) groups excluding carboxylic acids is 2. The van der Waals surface area contributed by atoms with E-state index in [0.717, 1.165) is 11.1 Å². The number of benzene rings is 2. The number of nitrogens with zero attached hydrogens (tertiary/aromatic N) is 1. The lowest BCUT2D eigenvalue weighted by atomic mass is 9.89. The quantitative estimate of drug-likeness (QED) is 0.915. The van der Waals surface area contributed by atoms with Crippen molar-refractivity contribution in [1.82, 2.24) is 4.90 Å². The Balaban J connectivity index is 1.86. The van der Waals surface area contributed by atoms with Crippen LogP contribution in [0.1, 0.15) is 29.0 Å². The Kier molecular flexibility index (Phi) is 4.93. The lowest BCUT2D eigenvalue weighted by Gasteiger charge is -2.29. The van der Waals surface area contributed by atoms with E-state index in [0.29, 0.717) is 23.5 Å². The monoisotopic (exact) mass is 356 g/mol. The molecular weight excluding hydrogens is 335 g/mol. The molecule has 136 valence electrons. The molecule has 6 heteroatoms. The minimum atomic E-state index is -0.625. The summed E-state index contributed by atoms with van der Waals surface area (Å²) in [6.07, 6.45) is 0.0484. The minimum absolute atomic E-state index is 0.0484. The molecule has 5 nitrogen and oxygen atoms in total. The first-order chi connectivity index (χ1) is 12.4. The zero-order valence-electron chi connectivity index (χ0n) is 15.0. The first-order valence-electron chi connectivity index (χ1n) is 8.37. The molecule has 1 heterocycles. The molecule has 1 aliphatic rings. The molecule has 0 fully saturated rings. The molecule has 1 atom stereocenters. The number of hydrogen-bond donors (Lipinski definition) is 1. The predicted molar refractivity (Wildman–Crippen MR) is 96.6 cm³/mol. The van der Waals surface area contributed by atoms with Gasteiger partial charge in [-0.05, 0) is 30.7 Å². The van der Waals surface area contributed by atoms with E-state index >= 15 is 0 Å². The highest BCUT2D eigenvalue weighted by Gasteiger charge is 2.32. The third kappa shape index (κ3) is 3.54. The molecule has 0 saturated carbocycles. The van der Waals surface area contributed by atoms with Gasteiger partial charge in [0.1, 0.15) is 11.6 Å². The van der Waals surface area contributed by atoms with Crippen LogP contribution in [0, 0.1) is 12.7 Å². The fraction of sp³-hybridized carbons (Fsp3) is 0.300. The second kappa shape index (κ2) is 7.15. The summed E-state index contributed by atoms with van der Waals surface area (Å²) in [7, 11) is 3.28. The standard InChI is InChI=1S/C20H21FN2O3/c1-12-4-7-18(26-3)13(8-12)11-23(2)20(25)16-10-19(24)22-17-9-14(21)5-6-15(16)17/h4-9,16H,10-11H2,1-3H3,(H,22,24)/t16-/m1/s1.